The third-order valence-corrected chi connectivity index (χ3v) is 9.38. The Balaban J connectivity index is 1.41. The van der Waals surface area contributed by atoms with E-state index in [0.29, 0.717) is 55.3 Å². The van der Waals surface area contributed by atoms with Crippen LogP contribution in [0.4, 0.5) is 8.78 Å². The lowest BCUT2D eigenvalue weighted by molar-refractivity contribution is -0.149. The number of ether oxygens (including phenoxy) is 1. The van der Waals surface area contributed by atoms with Gasteiger partial charge in [-0.15, -0.1) is 0 Å². The van der Waals surface area contributed by atoms with Gasteiger partial charge in [-0.1, -0.05) is 17.7 Å². The number of rotatable bonds is 3. The smallest absolute Gasteiger partial charge is 0.256 e. The van der Waals surface area contributed by atoms with Crippen LogP contribution in [0.3, 0.4) is 0 Å². The maximum atomic E-state index is 14.9. The summed E-state index contributed by atoms with van der Waals surface area (Å²) in [4.78, 5) is 26.8. The summed E-state index contributed by atoms with van der Waals surface area (Å²) >= 11 is 6.44. The number of halogens is 3. The predicted octanol–water partition coefficient (Wildman–Crippen LogP) is 6.42. The standard InChI is InChI=1S/C31H37ClF2N4O2/c1-18-24(32)15-21-26(36-18)31(40-27(21)30(5,6)35-7)10-12-37(13-11-31)28(39)23-17-38(29(2,3)4)16-22(23)20-9-8-19(33)14-25(20)34/h8-9,14-15,22-23,27H,10-13,16-17H2,1-6H3/t22-,23+,27?/m0/s1. The molecule has 6 nitrogen and oxygen atoms in total. The van der Waals surface area contributed by atoms with Crippen molar-refractivity contribution >= 4 is 17.5 Å². The molecule has 3 aliphatic heterocycles. The zero-order valence-corrected chi connectivity index (χ0v) is 24.8. The fourth-order valence-electron chi connectivity index (χ4n) is 6.48. The molecule has 40 heavy (non-hydrogen) atoms. The van der Waals surface area contributed by atoms with Gasteiger partial charge in [0.05, 0.1) is 22.3 Å². The molecule has 1 amide bonds. The zero-order chi connectivity index (χ0) is 29.2. The number of amides is 1. The van der Waals surface area contributed by atoms with Gasteiger partial charge in [0.1, 0.15) is 17.2 Å². The number of nitrogens with zero attached hydrogens (tertiary/aromatic N) is 4. The monoisotopic (exact) mass is 570 g/mol. The third kappa shape index (κ3) is 4.91. The van der Waals surface area contributed by atoms with Crippen molar-refractivity contribution in [3.8, 4) is 0 Å². The van der Waals surface area contributed by atoms with Crippen LogP contribution in [0.1, 0.15) is 82.0 Å². The average Bonchev–Trinajstić information content (AvgIpc) is 3.46. The van der Waals surface area contributed by atoms with Gasteiger partial charge in [0.15, 0.2) is 6.10 Å². The number of piperidine rings is 1. The summed E-state index contributed by atoms with van der Waals surface area (Å²) in [5.74, 6) is -2.08. The van der Waals surface area contributed by atoms with Crippen molar-refractivity contribution in [3.05, 3.63) is 74.9 Å². The van der Waals surface area contributed by atoms with Gasteiger partial charge < -0.3 is 14.5 Å². The molecule has 4 heterocycles. The summed E-state index contributed by atoms with van der Waals surface area (Å²) in [6.07, 6.45) is 0.597. The van der Waals surface area contributed by atoms with Crippen LogP contribution < -0.4 is 0 Å². The Labute approximate surface area is 240 Å². The van der Waals surface area contributed by atoms with Crippen molar-refractivity contribution in [1.29, 1.82) is 0 Å². The second-order valence-electron chi connectivity index (χ2n) is 13.0. The van der Waals surface area contributed by atoms with Gasteiger partial charge in [-0.05, 0) is 58.2 Å². The molecule has 3 aliphatic rings. The Kier molecular flexibility index (Phi) is 7.26. The second kappa shape index (κ2) is 10.0. The summed E-state index contributed by atoms with van der Waals surface area (Å²) in [5.41, 5.74) is 1.04. The van der Waals surface area contributed by atoms with E-state index in [2.05, 4.69) is 30.5 Å². The third-order valence-electron chi connectivity index (χ3n) is 9.00. The average molecular weight is 571 g/mol. The quantitative estimate of drug-likeness (QED) is 0.399. The van der Waals surface area contributed by atoms with E-state index in [1.54, 1.807) is 0 Å². The molecule has 2 fully saturated rings. The molecule has 0 N–H and O–H groups in total. The lowest BCUT2D eigenvalue weighted by atomic mass is 9.84. The van der Waals surface area contributed by atoms with Crippen LogP contribution in [0, 0.1) is 31.0 Å². The molecule has 9 heteroatoms. The van der Waals surface area contributed by atoms with Crippen LogP contribution >= 0.6 is 11.6 Å². The van der Waals surface area contributed by atoms with E-state index in [1.165, 1.54) is 12.1 Å². The first-order valence-electron chi connectivity index (χ1n) is 13.9. The molecule has 0 aliphatic carbocycles. The van der Waals surface area contributed by atoms with Crippen molar-refractivity contribution in [1.82, 2.24) is 14.8 Å². The minimum Gasteiger partial charge on any atom is -0.352 e. The van der Waals surface area contributed by atoms with Gasteiger partial charge in [-0.3, -0.25) is 14.7 Å². The van der Waals surface area contributed by atoms with E-state index >= 15 is 0 Å². The van der Waals surface area contributed by atoms with Gasteiger partial charge in [-0.25, -0.2) is 15.4 Å². The van der Waals surface area contributed by atoms with Crippen molar-refractivity contribution in [2.45, 2.75) is 83.1 Å². The number of aryl methyl sites for hydroxylation is 1. The van der Waals surface area contributed by atoms with Crippen LogP contribution in [0.25, 0.3) is 4.85 Å². The van der Waals surface area contributed by atoms with Crippen LogP contribution in [-0.2, 0) is 15.1 Å². The van der Waals surface area contributed by atoms with Crippen LogP contribution in [0.15, 0.2) is 24.3 Å². The molecule has 214 valence electrons. The number of carbonyl (C=O) groups is 1. The van der Waals surface area contributed by atoms with E-state index < -0.39 is 34.8 Å². The summed E-state index contributed by atoms with van der Waals surface area (Å²) in [5, 5.41) is 0.543. The minimum absolute atomic E-state index is 0.0215. The lowest BCUT2D eigenvalue weighted by Gasteiger charge is -2.40. The Morgan fingerprint density at radius 3 is 2.40 bits per heavy atom. The van der Waals surface area contributed by atoms with Gasteiger partial charge >= 0.3 is 0 Å². The van der Waals surface area contributed by atoms with E-state index in [4.69, 9.17) is 27.9 Å². The number of hydrogen-bond donors (Lipinski definition) is 0. The van der Waals surface area contributed by atoms with Crippen LogP contribution in [0.5, 0.6) is 0 Å². The van der Waals surface area contributed by atoms with Gasteiger partial charge in [-0.2, -0.15) is 0 Å². The molecule has 3 atom stereocenters. The minimum atomic E-state index is -0.807. The number of fused-ring (bicyclic) bond motifs is 2. The molecule has 5 rings (SSSR count). The summed E-state index contributed by atoms with van der Waals surface area (Å²) in [7, 11) is 0. The number of benzene rings is 1. The molecule has 2 aromatic rings. The fraction of sp³-hybridized carbons (Fsp3) is 0.581. The maximum absolute atomic E-state index is 14.9. The van der Waals surface area contributed by atoms with E-state index in [-0.39, 0.29) is 17.4 Å². The normalized spacial score (nSPS) is 24.8. The second-order valence-corrected chi connectivity index (χ2v) is 13.4. The first kappa shape index (κ1) is 28.9. The van der Waals surface area contributed by atoms with E-state index in [0.717, 1.165) is 17.3 Å². The van der Waals surface area contributed by atoms with Gasteiger partial charge in [0.25, 0.3) is 5.54 Å². The largest absolute Gasteiger partial charge is 0.352 e. The topological polar surface area (TPSA) is 50.0 Å². The van der Waals surface area contributed by atoms with E-state index in [1.807, 2.05) is 31.7 Å². The molecular weight excluding hydrogens is 534 g/mol. The molecule has 1 unspecified atom stereocenters. The Morgan fingerprint density at radius 1 is 1.12 bits per heavy atom. The lowest BCUT2D eigenvalue weighted by Crippen LogP contribution is -2.49. The number of likely N-dealkylation sites (tertiary alicyclic amines) is 2. The number of aromatic nitrogens is 1. The highest BCUT2D eigenvalue weighted by molar-refractivity contribution is 6.31. The molecule has 1 spiro atoms. The molecule has 2 saturated heterocycles. The molecule has 0 bridgehead atoms. The molecule has 1 aromatic carbocycles. The summed E-state index contributed by atoms with van der Waals surface area (Å²) in [6.45, 7) is 21.5. The fourth-order valence-corrected chi connectivity index (χ4v) is 6.64. The van der Waals surface area contributed by atoms with Gasteiger partial charge in [0.2, 0.25) is 5.91 Å². The van der Waals surface area contributed by atoms with Crippen molar-refractivity contribution in [2.75, 3.05) is 26.2 Å². The summed E-state index contributed by atoms with van der Waals surface area (Å²) < 4.78 is 35.3. The number of carbonyl (C=O) groups excluding carboxylic acids is 1. The Bertz CT molecular complexity index is 1370. The highest BCUT2D eigenvalue weighted by Crippen LogP contribution is 2.53. The first-order chi connectivity index (χ1) is 18.7. The number of pyridine rings is 1. The maximum Gasteiger partial charge on any atom is 0.256 e. The first-order valence-corrected chi connectivity index (χ1v) is 14.3. The van der Waals surface area contributed by atoms with E-state index in [9.17, 15) is 13.6 Å². The molecular formula is C31H37ClF2N4O2. The number of hydrogen-bond acceptors (Lipinski definition) is 4. The molecule has 0 saturated carbocycles. The SMILES string of the molecule is [C-]#[N+]C(C)(C)C1OC2(CCN(C(=O)[C@@H]3CN(C(C)(C)C)C[C@H]3c3ccc(F)cc3F)CC2)c2nc(C)c(Cl)cc21. The highest BCUT2D eigenvalue weighted by Gasteiger charge is 2.56. The molecule has 0 radical (unpaired) electrons. The Morgan fingerprint density at radius 2 is 1.80 bits per heavy atom. The van der Waals surface area contributed by atoms with Crippen LogP contribution in [-0.4, -0.2) is 57.9 Å². The predicted molar refractivity (Wildman–Crippen MR) is 150 cm³/mol. The van der Waals surface area contributed by atoms with Crippen molar-refractivity contribution < 1.29 is 18.3 Å². The molecule has 1 aromatic heterocycles. The highest BCUT2D eigenvalue weighted by atomic mass is 35.5. The van der Waals surface area contributed by atoms with Crippen molar-refractivity contribution in [2.24, 2.45) is 5.92 Å². The van der Waals surface area contributed by atoms with Gasteiger partial charge in [0, 0.05) is 63.1 Å². The zero-order valence-electron chi connectivity index (χ0n) is 24.0. The van der Waals surface area contributed by atoms with Crippen LogP contribution in [0.2, 0.25) is 5.02 Å². The van der Waals surface area contributed by atoms with Crippen molar-refractivity contribution in [3.63, 3.8) is 0 Å². The Hall–Kier alpha value is -2.60. The summed E-state index contributed by atoms with van der Waals surface area (Å²) in [6, 6.07) is 5.53.